The van der Waals surface area contributed by atoms with Gasteiger partial charge in [-0.3, -0.25) is 4.98 Å². The molecule has 0 saturated carbocycles. The van der Waals surface area contributed by atoms with E-state index in [4.69, 9.17) is 0 Å². The number of rotatable bonds is 1. The summed E-state index contributed by atoms with van der Waals surface area (Å²) in [5.41, 5.74) is 1.90. The molecule has 18 heavy (non-hydrogen) atoms. The number of fused-ring (bicyclic) bond motifs is 1. The third-order valence-corrected chi connectivity index (χ3v) is 2.87. The van der Waals surface area contributed by atoms with E-state index in [1.165, 1.54) is 12.1 Å². The molecule has 0 atom stereocenters. The Morgan fingerprint density at radius 1 is 0.833 bits per heavy atom. The van der Waals surface area contributed by atoms with E-state index >= 15 is 0 Å². The van der Waals surface area contributed by atoms with E-state index in [2.05, 4.69) is 4.98 Å². The van der Waals surface area contributed by atoms with Crippen molar-refractivity contribution in [1.82, 2.24) is 4.98 Å². The topological polar surface area (TPSA) is 12.9 Å². The molecule has 0 aliphatic carbocycles. The molecule has 0 spiro atoms. The molecule has 0 saturated heterocycles. The molecule has 88 valence electrons. The van der Waals surface area contributed by atoms with Gasteiger partial charge in [0.2, 0.25) is 0 Å². The Hall–Kier alpha value is -2.29. The number of nitrogens with zero attached hydrogens (tertiary/aromatic N) is 1. The second kappa shape index (κ2) is 4.18. The minimum absolute atomic E-state index is 0.384. The highest BCUT2D eigenvalue weighted by Crippen LogP contribution is 2.29. The normalized spacial score (nSPS) is 10.8. The number of hydrogen-bond donors (Lipinski definition) is 0. The van der Waals surface area contributed by atoms with Gasteiger partial charge in [0.15, 0.2) is 0 Å². The molecular formula is C15H9F2N. The Bertz CT molecular complexity index is 717. The van der Waals surface area contributed by atoms with Crippen LogP contribution in [0.3, 0.4) is 0 Å². The van der Waals surface area contributed by atoms with E-state index < -0.39 is 11.6 Å². The molecule has 0 unspecified atom stereocenters. The number of aromatic nitrogens is 1. The highest BCUT2D eigenvalue weighted by atomic mass is 19.1. The summed E-state index contributed by atoms with van der Waals surface area (Å²) in [6.45, 7) is 0. The molecular weight excluding hydrogens is 232 g/mol. The first kappa shape index (κ1) is 10.8. The summed E-state index contributed by atoms with van der Waals surface area (Å²) in [4.78, 5) is 4.22. The maximum Gasteiger partial charge on any atom is 0.133 e. The zero-order valence-electron chi connectivity index (χ0n) is 9.40. The van der Waals surface area contributed by atoms with Gasteiger partial charge in [-0.25, -0.2) is 8.78 Å². The fourth-order valence-corrected chi connectivity index (χ4v) is 2.05. The van der Waals surface area contributed by atoms with Crippen LogP contribution in [0.25, 0.3) is 22.0 Å². The van der Waals surface area contributed by atoms with Gasteiger partial charge in [-0.05, 0) is 29.8 Å². The molecule has 3 rings (SSSR count). The van der Waals surface area contributed by atoms with E-state index in [0.29, 0.717) is 5.56 Å². The molecule has 3 aromatic rings. The van der Waals surface area contributed by atoms with Crippen LogP contribution in [0.2, 0.25) is 0 Å². The smallest absolute Gasteiger partial charge is 0.133 e. The Balaban J connectivity index is 2.31. The minimum atomic E-state index is -0.574. The van der Waals surface area contributed by atoms with Crippen molar-refractivity contribution < 1.29 is 8.78 Å². The first-order valence-electron chi connectivity index (χ1n) is 5.55. The van der Waals surface area contributed by atoms with E-state index in [1.54, 1.807) is 18.3 Å². The van der Waals surface area contributed by atoms with Crippen LogP contribution in [-0.4, -0.2) is 4.98 Å². The van der Waals surface area contributed by atoms with Crippen molar-refractivity contribution in [2.24, 2.45) is 0 Å². The Morgan fingerprint density at radius 3 is 2.56 bits per heavy atom. The lowest BCUT2D eigenvalue weighted by atomic mass is 10.0. The quantitative estimate of drug-likeness (QED) is 0.622. The average Bonchev–Trinajstić information content (AvgIpc) is 2.38. The van der Waals surface area contributed by atoms with E-state index in [0.717, 1.165) is 22.5 Å². The monoisotopic (exact) mass is 241 g/mol. The van der Waals surface area contributed by atoms with E-state index in [9.17, 15) is 8.78 Å². The van der Waals surface area contributed by atoms with Gasteiger partial charge < -0.3 is 0 Å². The number of pyridine rings is 1. The molecule has 1 nitrogen and oxygen atoms in total. The summed E-state index contributed by atoms with van der Waals surface area (Å²) in [6, 6.07) is 12.8. The summed E-state index contributed by atoms with van der Waals surface area (Å²) in [7, 11) is 0. The van der Waals surface area contributed by atoms with Gasteiger partial charge in [-0.2, -0.15) is 0 Å². The molecule has 0 amide bonds. The van der Waals surface area contributed by atoms with Crippen molar-refractivity contribution in [1.29, 1.82) is 0 Å². The van der Waals surface area contributed by atoms with Gasteiger partial charge >= 0.3 is 0 Å². The lowest BCUT2D eigenvalue weighted by Gasteiger charge is -2.07. The van der Waals surface area contributed by atoms with Crippen LogP contribution in [0.5, 0.6) is 0 Å². The lowest BCUT2D eigenvalue weighted by molar-refractivity contribution is 0.585. The van der Waals surface area contributed by atoms with Crippen molar-refractivity contribution in [3.05, 3.63) is 66.4 Å². The van der Waals surface area contributed by atoms with Crippen LogP contribution in [0.1, 0.15) is 0 Å². The molecule has 0 fully saturated rings. The fraction of sp³-hybridized carbons (Fsp3) is 0. The average molecular weight is 241 g/mol. The van der Waals surface area contributed by atoms with Gasteiger partial charge in [0.1, 0.15) is 11.6 Å². The molecule has 1 heterocycles. The SMILES string of the molecule is Fc1ccc(-c2cccc3ncccc23)c(F)c1. The molecule has 0 radical (unpaired) electrons. The van der Waals surface area contributed by atoms with E-state index in [-0.39, 0.29) is 0 Å². The van der Waals surface area contributed by atoms with Crippen molar-refractivity contribution in [3.8, 4) is 11.1 Å². The Morgan fingerprint density at radius 2 is 1.72 bits per heavy atom. The zero-order chi connectivity index (χ0) is 12.5. The molecule has 0 bridgehead atoms. The number of hydrogen-bond acceptors (Lipinski definition) is 1. The Kier molecular flexibility index (Phi) is 2.52. The van der Waals surface area contributed by atoms with Crippen LogP contribution in [0.15, 0.2) is 54.7 Å². The van der Waals surface area contributed by atoms with Gasteiger partial charge in [0.05, 0.1) is 5.52 Å². The van der Waals surface area contributed by atoms with E-state index in [1.807, 2.05) is 18.2 Å². The van der Waals surface area contributed by atoms with Crippen LogP contribution >= 0.6 is 0 Å². The fourth-order valence-electron chi connectivity index (χ4n) is 2.05. The van der Waals surface area contributed by atoms with Gasteiger partial charge in [0.25, 0.3) is 0 Å². The molecule has 0 aliphatic heterocycles. The highest BCUT2D eigenvalue weighted by Gasteiger charge is 2.09. The molecule has 1 aromatic heterocycles. The van der Waals surface area contributed by atoms with Crippen molar-refractivity contribution in [2.75, 3.05) is 0 Å². The maximum atomic E-state index is 13.8. The van der Waals surface area contributed by atoms with Gasteiger partial charge in [0, 0.05) is 23.2 Å². The minimum Gasteiger partial charge on any atom is -0.256 e. The maximum absolute atomic E-state index is 13.8. The van der Waals surface area contributed by atoms with Crippen molar-refractivity contribution in [3.63, 3.8) is 0 Å². The summed E-state index contributed by atoms with van der Waals surface area (Å²) in [6.07, 6.45) is 1.69. The molecule has 0 aliphatic rings. The van der Waals surface area contributed by atoms with Crippen LogP contribution < -0.4 is 0 Å². The van der Waals surface area contributed by atoms with Crippen LogP contribution in [-0.2, 0) is 0 Å². The predicted molar refractivity (Wildman–Crippen MR) is 67.1 cm³/mol. The third-order valence-electron chi connectivity index (χ3n) is 2.87. The van der Waals surface area contributed by atoms with Crippen molar-refractivity contribution in [2.45, 2.75) is 0 Å². The standard InChI is InChI=1S/C15H9F2N/c16-10-6-7-12(14(17)9-10)11-3-1-5-15-13(11)4-2-8-18-15/h1-9H. The second-order valence-corrected chi connectivity index (χ2v) is 4.00. The summed E-state index contributed by atoms with van der Waals surface area (Å²) in [5.74, 6) is -1.14. The van der Waals surface area contributed by atoms with Crippen LogP contribution in [0.4, 0.5) is 8.78 Å². The Labute approximate surface area is 103 Å². The summed E-state index contributed by atoms with van der Waals surface area (Å²) >= 11 is 0. The third kappa shape index (κ3) is 1.74. The van der Waals surface area contributed by atoms with Gasteiger partial charge in [-0.1, -0.05) is 18.2 Å². The summed E-state index contributed by atoms with van der Waals surface area (Å²) < 4.78 is 26.7. The first-order valence-corrected chi connectivity index (χ1v) is 5.55. The van der Waals surface area contributed by atoms with Crippen LogP contribution in [0, 0.1) is 11.6 Å². The lowest BCUT2D eigenvalue weighted by Crippen LogP contribution is -1.88. The summed E-state index contributed by atoms with van der Waals surface area (Å²) in [5, 5.41) is 0.852. The van der Waals surface area contributed by atoms with Crippen molar-refractivity contribution >= 4 is 10.9 Å². The number of halogens is 2. The van der Waals surface area contributed by atoms with Gasteiger partial charge in [-0.15, -0.1) is 0 Å². The molecule has 2 aromatic carbocycles. The number of benzene rings is 2. The highest BCUT2D eigenvalue weighted by molar-refractivity contribution is 5.94. The molecule has 0 N–H and O–H groups in total. The predicted octanol–water partition coefficient (Wildman–Crippen LogP) is 4.18. The largest absolute Gasteiger partial charge is 0.256 e. The molecule has 3 heteroatoms. The second-order valence-electron chi connectivity index (χ2n) is 4.00. The zero-order valence-corrected chi connectivity index (χ0v) is 9.40. The first-order chi connectivity index (χ1) is 8.75.